The topological polar surface area (TPSA) is 41.5 Å². The molecule has 2 N–H and O–H groups in total. The van der Waals surface area contributed by atoms with E-state index in [1.807, 2.05) is 12.1 Å². The van der Waals surface area contributed by atoms with Crippen LogP contribution in [-0.2, 0) is 6.54 Å². The second-order valence-electron chi connectivity index (χ2n) is 4.37. The van der Waals surface area contributed by atoms with Gasteiger partial charge in [0.2, 0.25) is 0 Å². The molecule has 0 aliphatic carbocycles. The summed E-state index contributed by atoms with van der Waals surface area (Å²) in [6.07, 6.45) is 1.18. The van der Waals surface area contributed by atoms with E-state index in [0.717, 1.165) is 24.6 Å². The molecule has 16 heavy (non-hydrogen) atoms. The van der Waals surface area contributed by atoms with E-state index in [-0.39, 0.29) is 5.75 Å². The average molecular weight is 223 g/mol. The molecule has 0 fully saturated rings. The highest BCUT2D eigenvalue weighted by atomic mass is 16.5. The van der Waals surface area contributed by atoms with E-state index in [2.05, 4.69) is 19.2 Å². The van der Waals surface area contributed by atoms with Crippen molar-refractivity contribution in [1.29, 1.82) is 0 Å². The van der Waals surface area contributed by atoms with Crippen LogP contribution in [0.2, 0.25) is 0 Å². The summed E-state index contributed by atoms with van der Waals surface area (Å²) in [4.78, 5) is 0. The minimum Gasteiger partial charge on any atom is -0.504 e. The van der Waals surface area contributed by atoms with Crippen molar-refractivity contribution in [1.82, 2.24) is 5.32 Å². The average Bonchev–Trinajstić information content (AvgIpc) is 2.26. The van der Waals surface area contributed by atoms with Gasteiger partial charge in [0.05, 0.1) is 7.11 Å². The lowest BCUT2D eigenvalue weighted by Crippen LogP contribution is -2.16. The Morgan fingerprint density at radius 1 is 1.38 bits per heavy atom. The highest BCUT2D eigenvalue weighted by molar-refractivity contribution is 5.41. The number of rotatable bonds is 6. The predicted molar refractivity (Wildman–Crippen MR) is 65.8 cm³/mol. The molecule has 0 heterocycles. The molecule has 0 aliphatic rings. The molecular formula is C13H21NO2. The number of phenolic OH excluding ortho intramolecular Hbond substituents is 1. The molecule has 0 unspecified atom stereocenters. The first-order valence-electron chi connectivity index (χ1n) is 5.70. The lowest BCUT2D eigenvalue weighted by Gasteiger charge is -2.09. The van der Waals surface area contributed by atoms with E-state index >= 15 is 0 Å². The molecule has 3 heteroatoms. The molecule has 0 spiro atoms. The van der Waals surface area contributed by atoms with E-state index in [9.17, 15) is 5.11 Å². The van der Waals surface area contributed by atoms with Crippen LogP contribution in [0.5, 0.6) is 11.5 Å². The normalized spacial score (nSPS) is 10.8. The van der Waals surface area contributed by atoms with Gasteiger partial charge in [0.15, 0.2) is 11.5 Å². The minimum atomic E-state index is 0.188. The van der Waals surface area contributed by atoms with Crippen LogP contribution in [0.15, 0.2) is 18.2 Å². The molecule has 0 amide bonds. The Labute approximate surface area is 97.4 Å². The van der Waals surface area contributed by atoms with Crippen molar-refractivity contribution in [2.75, 3.05) is 13.7 Å². The van der Waals surface area contributed by atoms with Gasteiger partial charge in [-0.2, -0.15) is 0 Å². The fourth-order valence-electron chi connectivity index (χ4n) is 1.46. The maximum absolute atomic E-state index is 9.43. The minimum absolute atomic E-state index is 0.188. The standard InChI is InChI=1S/C13H21NO2/c1-10(2)6-7-14-9-11-4-5-12(15)13(8-11)16-3/h4-5,8,10,14-15H,6-7,9H2,1-3H3. The summed E-state index contributed by atoms with van der Waals surface area (Å²) in [5.41, 5.74) is 1.12. The van der Waals surface area contributed by atoms with Crippen LogP contribution in [0.4, 0.5) is 0 Å². The molecule has 0 aliphatic heterocycles. The Kier molecular flexibility index (Phi) is 5.12. The van der Waals surface area contributed by atoms with E-state index in [1.165, 1.54) is 6.42 Å². The second kappa shape index (κ2) is 6.38. The first-order chi connectivity index (χ1) is 7.63. The molecule has 90 valence electrons. The number of hydrogen-bond donors (Lipinski definition) is 2. The molecule has 1 aromatic carbocycles. The zero-order chi connectivity index (χ0) is 12.0. The highest BCUT2D eigenvalue weighted by Gasteiger charge is 2.02. The molecule has 0 aromatic heterocycles. The third-order valence-corrected chi connectivity index (χ3v) is 2.47. The van der Waals surface area contributed by atoms with Gasteiger partial charge in [-0.3, -0.25) is 0 Å². The van der Waals surface area contributed by atoms with Crippen molar-refractivity contribution < 1.29 is 9.84 Å². The largest absolute Gasteiger partial charge is 0.504 e. The van der Waals surface area contributed by atoms with Gasteiger partial charge in [-0.15, -0.1) is 0 Å². The van der Waals surface area contributed by atoms with Gasteiger partial charge >= 0.3 is 0 Å². The van der Waals surface area contributed by atoms with Gasteiger partial charge in [0.1, 0.15) is 0 Å². The number of aromatic hydroxyl groups is 1. The number of hydrogen-bond acceptors (Lipinski definition) is 3. The van der Waals surface area contributed by atoms with Crippen molar-refractivity contribution in [3.63, 3.8) is 0 Å². The van der Waals surface area contributed by atoms with Crippen molar-refractivity contribution in [2.45, 2.75) is 26.8 Å². The summed E-state index contributed by atoms with van der Waals surface area (Å²) >= 11 is 0. The van der Waals surface area contributed by atoms with Gasteiger partial charge in [-0.1, -0.05) is 19.9 Å². The Morgan fingerprint density at radius 3 is 2.75 bits per heavy atom. The number of benzene rings is 1. The van der Waals surface area contributed by atoms with Crippen molar-refractivity contribution in [3.05, 3.63) is 23.8 Å². The van der Waals surface area contributed by atoms with Crippen molar-refractivity contribution >= 4 is 0 Å². The Hall–Kier alpha value is -1.22. The number of ether oxygens (including phenoxy) is 1. The van der Waals surface area contributed by atoms with E-state index in [1.54, 1.807) is 13.2 Å². The quantitative estimate of drug-likeness (QED) is 0.728. The van der Waals surface area contributed by atoms with E-state index in [4.69, 9.17) is 4.74 Å². The zero-order valence-corrected chi connectivity index (χ0v) is 10.3. The fraction of sp³-hybridized carbons (Fsp3) is 0.538. The first-order valence-corrected chi connectivity index (χ1v) is 5.70. The van der Waals surface area contributed by atoms with Crippen LogP contribution < -0.4 is 10.1 Å². The summed E-state index contributed by atoms with van der Waals surface area (Å²) in [6.45, 7) is 6.25. The van der Waals surface area contributed by atoms with Crippen LogP contribution in [-0.4, -0.2) is 18.8 Å². The number of methoxy groups -OCH3 is 1. The lowest BCUT2D eigenvalue weighted by atomic mass is 10.1. The van der Waals surface area contributed by atoms with Gasteiger partial charge in [-0.25, -0.2) is 0 Å². The maximum Gasteiger partial charge on any atom is 0.160 e. The molecule has 1 rings (SSSR count). The van der Waals surface area contributed by atoms with Gasteiger partial charge in [0, 0.05) is 6.54 Å². The Morgan fingerprint density at radius 2 is 2.12 bits per heavy atom. The summed E-state index contributed by atoms with van der Waals surface area (Å²) in [6, 6.07) is 5.43. The molecule has 0 saturated heterocycles. The summed E-state index contributed by atoms with van der Waals surface area (Å²) in [7, 11) is 1.56. The molecule has 1 aromatic rings. The third kappa shape index (κ3) is 4.11. The van der Waals surface area contributed by atoms with Crippen LogP contribution in [0.3, 0.4) is 0 Å². The molecule has 3 nitrogen and oxygen atoms in total. The van der Waals surface area contributed by atoms with Crippen LogP contribution in [0.1, 0.15) is 25.8 Å². The fourth-order valence-corrected chi connectivity index (χ4v) is 1.46. The summed E-state index contributed by atoms with van der Waals surface area (Å²) in [5.74, 6) is 1.44. The number of phenols is 1. The van der Waals surface area contributed by atoms with Crippen LogP contribution in [0, 0.1) is 5.92 Å². The smallest absolute Gasteiger partial charge is 0.160 e. The molecule has 0 radical (unpaired) electrons. The van der Waals surface area contributed by atoms with Crippen LogP contribution in [0.25, 0.3) is 0 Å². The highest BCUT2D eigenvalue weighted by Crippen LogP contribution is 2.26. The molecular weight excluding hydrogens is 202 g/mol. The lowest BCUT2D eigenvalue weighted by molar-refractivity contribution is 0.372. The third-order valence-electron chi connectivity index (χ3n) is 2.47. The van der Waals surface area contributed by atoms with Gasteiger partial charge < -0.3 is 15.2 Å². The van der Waals surface area contributed by atoms with E-state index < -0.39 is 0 Å². The maximum atomic E-state index is 9.43. The predicted octanol–water partition coefficient (Wildman–Crippen LogP) is 2.54. The second-order valence-corrected chi connectivity index (χ2v) is 4.37. The van der Waals surface area contributed by atoms with E-state index in [0.29, 0.717) is 5.75 Å². The number of nitrogens with one attached hydrogen (secondary N) is 1. The Balaban J connectivity index is 2.42. The SMILES string of the molecule is COc1cc(CNCCC(C)C)ccc1O. The summed E-state index contributed by atoms with van der Waals surface area (Å²) in [5, 5.41) is 12.8. The molecule has 0 saturated carbocycles. The molecule has 0 atom stereocenters. The monoisotopic (exact) mass is 223 g/mol. The van der Waals surface area contributed by atoms with Crippen molar-refractivity contribution in [3.8, 4) is 11.5 Å². The van der Waals surface area contributed by atoms with Gasteiger partial charge in [0.25, 0.3) is 0 Å². The molecule has 0 bridgehead atoms. The first kappa shape index (κ1) is 12.8. The zero-order valence-electron chi connectivity index (χ0n) is 10.3. The Bertz CT molecular complexity index is 324. The van der Waals surface area contributed by atoms with Gasteiger partial charge in [-0.05, 0) is 36.6 Å². The summed E-state index contributed by atoms with van der Waals surface area (Å²) < 4.78 is 5.05. The van der Waals surface area contributed by atoms with Crippen LogP contribution >= 0.6 is 0 Å². The van der Waals surface area contributed by atoms with Crippen molar-refractivity contribution in [2.24, 2.45) is 5.92 Å².